The van der Waals surface area contributed by atoms with Gasteiger partial charge in [-0.2, -0.15) is 5.10 Å². The van der Waals surface area contributed by atoms with Crippen LogP contribution in [0.2, 0.25) is 0 Å². The normalized spacial score (nSPS) is 10.6. The van der Waals surface area contributed by atoms with Gasteiger partial charge in [-0.05, 0) is 58.3 Å². The number of carbonyl (C=O) groups excluding carboxylic acids is 2. The standard InChI is InChI=1S/C20H22IN3O4/c1-4-14-7-5-6-8-16(14)23-18(25)11-19(26)24-22-12-13-9-15(21)20(28-3)17(10-13)27-2/h5-10,12H,4,11H2,1-3H3,(H,23,25)(H,24,26). The summed E-state index contributed by atoms with van der Waals surface area (Å²) in [5, 5.41) is 6.66. The van der Waals surface area contributed by atoms with Crippen molar-refractivity contribution < 1.29 is 19.1 Å². The topological polar surface area (TPSA) is 89.0 Å². The maximum absolute atomic E-state index is 12.1. The molecule has 2 amide bonds. The number of halogens is 1. The number of carbonyl (C=O) groups is 2. The fourth-order valence-electron chi connectivity index (χ4n) is 2.52. The minimum atomic E-state index is -0.502. The molecular formula is C20H22IN3O4. The first-order valence-electron chi connectivity index (χ1n) is 8.59. The number of hydrogen-bond donors (Lipinski definition) is 2. The number of rotatable bonds is 8. The molecule has 0 radical (unpaired) electrons. The molecule has 7 nitrogen and oxygen atoms in total. The molecule has 2 aromatic carbocycles. The average molecular weight is 495 g/mol. The second-order valence-electron chi connectivity index (χ2n) is 5.77. The van der Waals surface area contributed by atoms with Crippen molar-refractivity contribution in [2.75, 3.05) is 19.5 Å². The first kappa shape index (κ1) is 21.7. The SMILES string of the molecule is CCc1ccccc1NC(=O)CC(=O)NN=Cc1cc(I)c(OC)c(OC)c1. The van der Waals surface area contributed by atoms with Gasteiger partial charge in [0.05, 0.1) is 24.0 Å². The monoisotopic (exact) mass is 495 g/mol. The molecule has 0 saturated carbocycles. The third-order valence-electron chi connectivity index (χ3n) is 3.85. The number of hydrogen-bond acceptors (Lipinski definition) is 5. The zero-order valence-electron chi connectivity index (χ0n) is 15.9. The van der Waals surface area contributed by atoms with Crippen LogP contribution in [0.5, 0.6) is 11.5 Å². The number of methoxy groups -OCH3 is 2. The molecule has 2 N–H and O–H groups in total. The van der Waals surface area contributed by atoms with Crippen LogP contribution in [-0.4, -0.2) is 32.2 Å². The van der Waals surface area contributed by atoms with Gasteiger partial charge in [-0.1, -0.05) is 25.1 Å². The van der Waals surface area contributed by atoms with E-state index in [1.165, 1.54) is 6.21 Å². The van der Waals surface area contributed by atoms with Crippen LogP contribution in [0.3, 0.4) is 0 Å². The molecule has 148 valence electrons. The van der Waals surface area contributed by atoms with E-state index in [1.54, 1.807) is 20.3 Å². The quantitative estimate of drug-likeness (QED) is 0.255. The van der Waals surface area contributed by atoms with Crippen LogP contribution in [0.25, 0.3) is 0 Å². The summed E-state index contributed by atoms with van der Waals surface area (Å²) in [5.74, 6) is 0.302. The van der Waals surface area contributed by atoms with Gasteiger partial charge >= 0.3 is 0 Å². The summed E-state index contributed by atoms with van der Waals surface area (Å²) in [6.07, 6.45) is 1.95. The zero-order chi connectivity index (χ0) is 20.5. The summed E-state index contributed by atoms with van der Waals surface area (Å²) in [7, 11) is 3.11. The fraction of sp³-hybridized carbons (Fsp3) is 0.250. The first-order valence-corrected chi connectivity index (χ1v) is 9.67. The highest BCUT2D eigenvalue weighted by Crippen LogP contribution is 2.32. The number of aryl methyl sites for hydroxylation is 1. The Morgan fingerprint density at radius 2 is 1.89 bits per heavy atom. The van der Waals surface area contributed by atoms with Crippen LogP contribution < -0.4 is 20.2 Å². The Morgan fingerprint density at radius 1 is 1.14 bits per heavy atom. The van der Waals surface area contributed by atoms with E-state index in [0.29, 0.717) is 17.2 Å². The van der Waals surface area contributed by atoms with Gasteiger partial charge in [0.25, 0.3) is 0 Å². The van der Waals surface area contributed by atoms with Gasteiger partial charge in [-0.3, -0.25) is 9.59 Å². The van der Waals surface area contributed by atoms with Gasteiger partial charge in [0.1, 0.15) is 6.42 Å². The third kappa shape index (κ3) is 5.95. The first-order chi connectivity index (χ1) is 13.5. The minimum absolute atomic E-state index is 0.321. The van der Waals surface area contributed by atoms with Crippen molar-refractivity contribution in [3.05, 3.63) is 51.1 Å². The van der Waals surface area contributed by atoms with Crippen molar-refractivity contribution in [2.45, 2.75) is 19.8 Å². The van der Waals surface area contributed by atoms with Crippen molar-refractivity contribution in [1.29, 1.82) is 0 Å². The second-order valence-corrected chi connectivity index (χ2v) is 6.93. The lowest BCUT2D eigenvalue weighted by atomic mass is 10.1. The number of hydrazone groups is 1. The Morgan fingerprint density at radius 3 is 2.57 bits per heavy atom. The highest BCUT2D eigenvalue weighted by atomic mass is 127. The predicted octanol–water partition coefficient (Wildman–Crippen LogP) is 3.35. The summed E-state index contributed by atoms with van der Waals surface area (Å²) >= 11 is 2.13. The number of anilines is 1. The summed E-state index contributed by atoms with van der Waals surface area (Å²) in [4.78, 5) is 24.0. The summed E-state index contributed by atoms with van der Waals surface area (Å²) in [5.41, 5.74) is 4.81. The molecule has 0 unspecified atom stereocenters. The van der Waals surface area contributed by atoms with Gasteiger partial charge < -0.3 is 14.8 Å². The summed E-state index contributed by atoms with van der Waals surface area (Å²) in [6, 6.07) is 11.1. The van der Waals surface area contributed by atoms with Gasteiger partial charge in [-0.15, -0.1) is 0 Å². The number of nitrogens with one attached hydrogen (secondary N) is 2. The lowest BCUT2D eigenvalue weighted by Gasteiger charge is -2.10. The van der Waals surface area contributed by atoms with E-state index < -0.39 is 11.8 Å². The molecular weight excluding hydrogens is 473 g/mol. The van der Waals surface area contributed by atoms with Crippen LogP contribution in [-0.2, 0) is 16.0 Å². The number of para-hydroxylation sites is 1. The van der Waals surface area contributed by atoms with E-state index in [4.69, 9.17) is 9.47 Å². The number of amides is 2. The van der Waals surface area contributed by atoms with Crippen LogP contribution in [0.1, 0.15) is 24.5 Å². The average Bonchev–Trinajstić information content (AvgIpc) is 2.67. The van der Waals surface area contributed by atoms with Gasteiger partial charge in [0.15, 0.2) is 11.5 Å². The summed E-state index contributed by atoms with van der Waals surface area (Å²) < 4.78 is 11.4. The van der Waals surface area contributed by atoms with Gasteiger partial charge in [0, 0.05) is 5.69 Å². The van der Waals surface area contributed by atoms with Gasteiger partial charge in [0.2, 0.25) is 11.8 Å². The Labute approximate surface area is 177 Å². The number of benzene rings is 2. The summed E-state index contributed by atoms with van der Waals surface area (Å²) in [6.45, 7) is 2.00. The second kappa shape index (κ2) is 10.6. The fourth-order valence-corrected chi connectivity index (χ4v) is 3.37. The van der Waals surface area contributed by atoms with E-state index in [1.807, 2.05) is 37.3 Å². The number of nitrogens with zero attached hydrogens (tertiary/aromatic N) is 1. The molecule has 0 saturated heterocycles. The maximum atomic E-state index is 12.1. The third-order valence-corrected chi connectivity index (χ3v) is 4.65. The van der Waals surface area contributed by atoms with Crippen LogP contribution in [0.15, 0.2) is 41.5 Å². The Kier molecular flexibility index (Phi) is 8.24. The van der Waals surface area contributed by atoms with Crippen molar-refractivity contribution in [2.24, 2.45) is 5.10 Å². The van der Waals surface area contributed by atoms with Crippen molar-refractivity contribution in [1.82, 2.24) is 5.43 Å². The van der Waals surface area contributed by atoms with Crippen molar-refractivity contribution >= 4 is 46.3 Å². The van der Waals surface area contributed by atoms with Gasteiger partial charge in [-0.25, -0.2) is 5.43 Å². The molecule has 0 aliphatic carbocycles. The smallest absolute Gasteiger partial charge is 0.249 e. The molecule has 2 aromatic rings. The van der Waals surface area contributed by atoms with E-state index in [2.05, 4.69) is 38.4 Å². The lowest BCUT2D eigenvalue weighted by molar-refractivity contribution is -0.126. The molecule has 28 heavy (non-hydrogen) atoms. The molecule has 0 fully saturated rings. The van der Waals surface area contributed by atoms with E-state index in [9.17, 15) is 9.59 Å². The Hall–Kier alpha value is -2.62. The molecule has 8 heteroatoms. The molecule has 0 spiro atoms. The van der Waals surface area contributed by atoms with E-state index >= 15 is 0 Å². The molecule has 0 aromatic heterocycles. The molecule has 0 atom stereocenters. The van der Waals surface area contributed by atoms with E-state index in [0.717, 1.165) is 21.1 Å². The zero-order valence-corrected chi connectivity index (χ0v) is 18.1. The lowest BCUT2D eigenvalue weighted by Crippen LogP contribution is -2.25. The Balaban J connectivity index is 1.93. The maximum Gasteiger partial charge on any atom is 0.249 e. The van der Waals surface area contributed by atoms with Crippen LogP contribution in [0.4, 0.5) is 5.69 Å². The molecule has 0 aliphatic rings. The largest absolute Gasteiger partial charge is 0.493 e. The molecule has 0 bridgehead atoms. The predicted molar refractivity (Wildman–Crippen MR) is 117 cm³/mol. The molecule has 2 rings (SSSR count). The van der Waals surface area contributed by atoms with Crippen LogP contribution in [0, 0.1) is 3.57 Å². The number of ether oxygens (including phenoxy) is 2. The van der Waals surface area contributed by atoms with Crippen LogP contribution >= 0.6 is 22.6 Å². The molecule has 0 heterocycles. The highest BCUT2D eigenvalue weighted by molar-refractivity contribution is 14.1. The van der Waals surface area contributed by atoms with Crippen molar-refractivity contribution in [3.63, 3.8) is 0 Å². The molecule has 0 aliphatic heterocycles. The van der Waals surface area contributed by atoms with Crippen molar-refractivity contribution in [3.8, 4) is 11.5 Å². The minimum Gasteiger partial charge on any atom is -0.493 e. The highest BCUT2D eigenvalue weighted by Gasteiger charge is 2.11. The van der Waals surface area contributed by atoms with E-state index in [-0.39, 0.29) is 6.42 Å². The Bertz CT molecular complexity index is 884.